The van der Waals surface area contributed by atoms with E-state index in [1.54, 1.807) is 50.5 Å². The summed E-state index contributed by atoms with van der Waals surface area (Å²) in [6.45, 7) is 0.0466. The number of carbonyl (C=O) groups is 2. The number of ether oxygens (including phenoxy) is 4. The summed E-state index contributed by atoms with van der Waals surface area (Å²) in [5, 5.41) is 0. The minimum absolute atomic E-state index is 0.111. The molecule has 1 aliphatic heterocycles. The monoisotopic (exact) mass is 461 g/mol. The minimum Gasteiger partial charge on any atom is -0.493 e. The molecule has 2 aromatic carbocycles. The van der Waals surface area contributed by atoms with E-state index in [4.69, 9.17) is 18.9 Å². The van der Waals surface area contributed by atoms with E-state index >= 15 is 0 Å². The third-order valence-corrected chi connectivity index (χ3v) is 4.76. The third kappa shape index (κ3) is 4.89. The lowest BCUT2D eigenvalue weighted by Crippen LogP contribution is -2.27. The van der Waals surface area contributed by atoms with Crippen LogP contribution in [0.15, 0.2) is 40.9 Å². The van der Waals surface area contributed by atoms with Crippen LogP contribution in [-0.4, -0.2) is 51.2 Å². The first-order valence-corrected chi connectivity index (χ1v) is 9.51. The van der Waals surface area contributed by atoms with Crippen molar-refractivity contribution in [1.82, 2.24) is 4.90 Å². The fourth-order valence-corrected chi connectivity index (χ4v) is 3.13. The molecule has 1 aliphatic rings. The molecular weight excluding hydrogens is 442 g/mol. The maximum absolute atomic E-state index is 12.5. The highest BCUT2D eigenvalue weighted by Crippen LogP contribution is 2.37. The highest BCUT2D eigenvalue weighted by atomic mass is 79.9. The van der Waals surface area contributed by atoms with Gasteiger partial charge in [0.1, 0.15) is 0 Å². The van der Waals surface area contributed by atoms with Gasteiger partial charge in [-0.2, -0.15) is 0 Å². The number of ketones is 1. The van der Waals surface area contributed by atoms with Crippen molar-refractivity contribution in [2.24, 2.45) is 0 Å². The molecule has 0 aromatic heterocycles. The Hall–Kier alpha value is -3.00. The van der Waals surface area contributed by atoms with E-state index in [0.29, 0.717) is 33.0 Å². The van der Waals surface area contributed by atoms with Crippen LogP contribution >= 0.6 is 15.9 Å². The van der Waals surface area contributed by atoms with Gasteiger partial charge in [0.05, 0.1) is 11.6 Å². The molecule has 0 spiro atoms. The molecule has 0 unspecified atom stereocenters. The first-order valence-electron chi connectivity index (χ1n) is 8.71. The van der Waals surface area contributed by atoms with Gasteiger partial charge in [-0.15, -0.1) is 0 Å². The summed E-state index contributed by atoms with van der Waals surface area (Å²) in [7, 11) is 4.82. The molecule has 0 saturated carbocycles. The number of likely N-dealkylation sites (N-methyl/N-ethyl adjacent to an activating group) is 1. The van der Waals surface area contributed by atoms with Crippen LogP contribution in [0.3, 0.4) is 0 Å². The lowest BCUT2D eigenvalue weighted by molar-refractivity contribution is -0.130. The van der Waals surface area contributed by atoms with E-state index in [2.05, 4.69) is 15.9 Å². The fraction of sp³-hybridized carbons (Fsp3) is 0.238. The van der Waals surface area contributed by atoms with Crippen LogP contribution in [-0.2, 0) is 4.79 Å². The molecule has 0 saturated heterocycles. The fourth-order valence-electron chi connectivity index (χ4n) is 2.56. The average molecular weight is 462 g/mol. The van der Waals surface area contributed by atoms with Crippen LogP contribution in [0.25, 0.3) is 6.08 Å². The third-order valence-electron chi connectivity index (χ3n) is 4.17. The average Bonchev–Trinajstić information content (AvgIpc) is 3.18. The van der Waals surface area contributed by atoms with E-state index < -0.39 is 0 Å². The molecule has 0 bridgehead atoms. The van der Waals surface area contributed by atoms with E-state index in [1.165, 1.54) is 18.1 Å². The molecular formula is C21H20BrNO6. The first-order chi connectivity index (χ1) is 13.9. The van der Waals surface area contributed by atoms with Crippen molar-refractivity contribution in [3.05, 3.63) is 52.0 Å². The maximum Gasteiger partial charge on any atom is 0.259 e. The summed E-state index contributed by atoms with van der Waals surface area (Å²) < 4.78 is 22.1. The summed E-state index contributed by atoms with van der Waals surface area (Å²) >= 11 is 3.43. The molecule has 0 aliphatic carbocycles. The first kappa shape index (κ1) is 20.7. The van der Waals surface area contributed by atoms with Gasteiger partial charge < -0.3 is 23.8 Å². The number of hydrogen-bond acceptors (Lipinski definition) is 6. The quantitative estimate of drug-likeness (QED) is 0.463. The van der Waals surface area contributed by atoms with Crippen molar-refractivity contribution in [1.29, 1.82) is 0 Å². The summed E-state index contributed by atoms with van der Waals surface area (Å²) in [4.78, 5) is 25.7. The number of hydrogen-bond donors (Lipinski definition) is 0. The van der Waals surface area contributed by atoms with Crippen LogP contribution in [0.2, 0.25) is 0 Å². The van der Waals surface area contributed by atoms with Gasteiger partial charge in [-0.3, -0.25) is 9.59 Å². The number of benzene rings is 2. The Kier molecular flexibility index (Phi) is 6.43. The Morgan fingerprint density at radius 2 is 1.93 bits per heavy atom. The lowest BCUT2D eigenvalue weighted by Gasteiger charge is -2.15. The summed E-state index contributed by atoms with van der Waals surface area (Å²) in [6, 6.07) is 8.56. The van der Waals surface area contributed by atoms with E-state index in [-0.39, 0.29) is 25.1 Å². The topological polar surface area (TPSA) is 74.3 Å². The molecule has 0 radical (unpaired) electrons. The molecule has 7 nitrogen and oxygen atoms in total. The molecule has 8 heteroatoms. The number of halogens is 1. The van der Waals surface area contributed by atoms with Gasteiger partial charge in [0, 0.05) is 19.7 Å². The Morgan fingerprint density at radius 3 is 2.66 bits per heavy atom. The largest absolute Gasteiger partial charge is 0.493 e. The highest BCUT2D eigenvalue weighted by Gasteiger charge is 2.16. The Balaban J connectivity index is 1.76. The van der Waals surface area contributed by atoms with Crippen LogP contribution in [0.5, 0.6) is 23.0 Å². The molecule has 1 heterocycles. The number of rotatable bonds is 7. The number of nitrogens with zero attached hydrogens (tertiary/aromatic N) is 1. The molecule has 0 N–H and O–H groups in total. The van der Waals surface area contributed by atoms with E-state index in [9.17, 15) is 9.59 Å². The maximum atomic E-state index is 12.5. The second kappa shape index (κ2) is 9.00. The Bertz CT molecular complexity index is 970. The summed E-state index contributed by atoms with van der Waals surface area (Å²) in [6.07, 6.45) is 3.14. The molecule has 29 heavy (non-hydrogen) atoms. The molecule has 0 fully saturated rings. The van der Waals surface area contributed by atoms with Crippen LogP contribution in [0, 0.1) is 0 Å². The highest BCUT2D eigenvalue weighted by molar-refractivity contribution is 9.10. The van der Waals surface area contributed by atoms with Crippen LogP contribution in [0.1, 0.15) is 15.9 Å². The zero-order valence-corrected chi connectivity index (χ0v) is 17.8. The molecule has 1 amide bonds. The number of carbonyl (C=O) groups excluding carboxylic acids is 2. The second-order valence-corrected chi connectivity index (χ2v) is 7.23. The number of allylic oxidation sites excluding steroid dienone is 1. The van der Waals surface area contributed by atoms with Crippen LogP contribution < -0.4 is 18.9 Å². The molecule has 2 aromatic rings. The predicted molar refractivity (Wildman–Crippen MR) is 111 cm³/mol. The SMILES string of the molecule is COc1cc(/C=C/C(=O)c2ccc3c(c2)OCO3)cc(Br)c1OCC(=O)N(C)C. The van der Waals surface area contributed by atoms with Crippen molar-refractivity contribution >= 4 is 33.7 Å². The lowest BCUT2D eigenvalue weighted by atomic mass is 10.1. The van der Waals surface area contributed by atoms with Gasteiger partial charge in [0.2, 0.25) is 6.79 Å². The van der Waals surface area contributed by atoms with Crippen molar-refractivity contribution in [3.8, 4) is 23.0 Å². The normalized spacial score (nSPS) is 12.1. The van der Waals surface area contributed by atoms with Gasteiger partial charge in [-0.05, 0) is 57.9 Å². The zero-order chi connectivity index (χ0) is 21.0. The van der Waals surface area contributed by atoms with E-state index in [0.717, 1.165) is 5.56 Å². The van der Waals surface area contributed by atoms with Crippen molar-refractivity contribution in [3.63, 3.8) is 0 Å². The van der Waals surface area contributed by atoms with Gasteiger partial charge in [-0.25, -0.2) is 0 Å². The smallest absolute Gasteiger partial charge is 0.259 e. The zero-order valence-electron chi connectivity index (χ0n) is 16.2. The Labute approximate surface area is 176 Å². The van der Waals surface area contributed by atoms with Gasteiger partial charge in [0.25, 0.3) is 5.91 Å². The summed E-state index contributed by atoms with van der Waals surface area (Å²) in [5.41, 5.74) is 1.23. The number of methoxy groups -OCH3 is 1. The van der Waals surface area contributed by atoms with Crippen molar-refractivity contribution in [2.45, 2.75) is 0 Å². The van der Waals surface area contributed by atoms with Gasteiger partial charge in [0.15, 0.2) is 35.4 Å². The van der Waals surface area contributed by atoms with Crippen molar-refractivity contribution < 1.29 is 28.5 Å². The van der Waals surface area contributed by atoms with Gasteiger partial charge in [-0.1, -0.05) is 6.08 Å². The second-order valence-electron chi connectivity index (χ2n) is 6.38. The molecule has 0 atom stereocenters. The number of fused-ring (bicyclic) bond motifs is 1. The minimum atomic E-state index is -0.171. The van der Waals surface area contributed by atoms with Gasteiger partial charge >= 0.3 is 0 Å². The molecule has 3 rings (SSSR count). The number of amides is 1. The summed E-state index contributed by atoms with van der Waals surface area (Å²) in [5.74, 6) is 1.71. The predicted octanol–water partition coefficient (Wildman–Crippen LogP) is 3.55. The van der Waals surface area contributed by atoms with E-state index in [1.807, 2.05) is 0 Å². The standard InChI is InChI=1S/C21H20BrNO6/c1-23(2)20(25)11-27-21-15(22)8-13(9-19(21)26-3)4-6-16(24)14-5-7-17-18(10-14)29-12-28-17/h4-10H,11-12H2,1-3H3/b6-4+. The van der Waals surface area contributed by atoms with Crippen LogP contribution in [0.4, 0.5) is 0 Å². The Morgan fingerprint density at radius 1 is 1.17 bits per heavy atom. The molecule has 152 valence electrons. The van der Waals surface area contributed by atoms with Crippen molar-refractivity contribution in [2.75, 3.05) is 34.6 Å².